The van der Waals surface area contributed by atoms with Crippen molar-refractivity contribution in [2.75, 3.05) is 12.3 Å². The van der Waals surface area contributed by atoms with Crippen molar-refractivity contribution >= 4 is 29.1 Å². The summed E-state index contributed by atoms with van der Waals surface area (Å²) in [7, 11) is 0. The second-order valence-corrected chi connectivity index (χ2v) is 3.27. The molecule has 0 aliphatic rings. The average molecular weight is 197 g/mol. The summed E-state index contributed by atoms with van der Waals surface area (Å²) in [4.78, 5) is 11.8. The minimum atomic E-state index is -0.338. The number of carbonyl (C=O) groups is 1. The number of hydrogen-bond acceptors (Lipinski definition) is 4. The number of esters is 1. The summed E-state index contributed by atoms with van der Waals surface area (Å²) >= 11 is 1.49. The van der Waals surface area contributed by atoms with Crippen molar-refractivity contribution in [1.82, 2.24) is 0 Å². The molecule has 0 atom stereocenters. The summed E-state index contributed by atoms with van der Waals surface area (Å²) in [5.41, 5.74) is 6.29. The quantitative estimate of drug-likeness (QED) is 0.594. The lowest BCUT2D eigenvalue weighted by atomic mass is 10.3. The first-order valence-corrected chi connectivity index (χ1v) is 4.79. The van der Waals surface area contributed by atoms with Gasteiger partial charge in [0.1, 0.15) is 0 Å². The summed E-state index contributed by atoms with van der Waals surface area (Å²) < 4.78 is 4.72. The Morgan fingerprint density at radius 1 is 1.77 bits per heavy atom. The minimum Gasteiger partial charge on any atom is -0.463 e. The van der Waals surface area contributed by atoms with Crippen LogP contribution in [-0.4, -0.2) is 12.6 Å². The largest absolute Gasteiger partial charge is 0.463 e. The van der Waals surface area contributed by atoms with Crippen LogP contribution in [0.15, 0.2) is 17.5 Å². The van der Waals surface area contributed by atoms with Crippen molar-refractivity contribution in [1.29, 1.82) is 0 Å². The van der Waals surface area contributed by atoms with E-state index >= 15 is 0 Å². The van der Waals surface area contributed by atoms with E-state index in [1.807, 2.05) is 5.38 Å². The van der Waals surface area contributed by atoms with Crippen LogP contribution in [0.2, 0.25) is 0 Å². The predicted octanol–water partition coefficient (Wildman–Crippen LogP) is 1.91. The molecular weight excluding hydrogens is 186 g/mol. The van der Waals surface area contributed by atoms with E-state index in [1.165, 1.54) is 17.4 Å². The maximum atomic E-state index is 10.9. The second kappa shape index (κ2) is 4.67. The average Bonchev–Trinajstić information content (AvgIpc) is 2.48. The third-order valence-electron chi connectivity index (χ3n) is 1.38. The molecule has 2 N–H and O–H groups in total. The highest BCUT2D eigenvalue weighted by Gasteiger charge is 1.97. The first-order chi connectivity index (χ1) is 6.24. The highest BCUT2D eigenvalue weighted by molar-refractivity contribution is 7.11. The van der Waals surface area contributed by atoms with Crippen LogP contribution in [0.5, 0.6) is 0 Å². The van der Waals surface area contributed by atoms with Crippen molar-refractivity contribution < 1.29 is 9.53 Å². The fourth-order valence-electron chi connectivity index (χ4n) is 0.800. The number of rotatable bonds is 3. The van der Waals surface area contributed by atoms with E-state index in [-0.39, 0.29) is 5.97 Å². The van der Waals surface area contributed by atoms with Gasteiger partial charge in [-0.3, -0.25) is 0 Å². The van der Waals surface area contributed by atoms with Gasteiger partial charge < -0.3 is 10.5 Å². The van der Waals surface area contributed by atoms with Crippen LogP contribution in [-0.2, 0) is 9.53 Å². The van der Waals surface area contributed by atoms with Crippen molar-refractivity contribution in [3.63, 3.8) is 0 Å². The van der Waals surface area contributed by atoms with Crippen molar-refractivity contribution in [2.45, 2.75) is 6.92 Å². The summed E-state index contributed by atoms with van der Waals surface area (Å²) in [6, 6.07) is 1.80. The van der Waals surface area contributed by atoms with Gasteiger partial charge in [-0.05, 0) is 24.4 Å². The fourth-order valence-corrected chi connectivity index (χ4v) is 1.51. The minimum absolute atomic E-state index is 0.338. The first kappa shape index (κ1) is 9.80. The van der Waals surface area contributed by atoms with E-state index < -0.39 is 0 Å². The van der Waals surface area contributed by atoms with Gasteiger partial charge in [-0.25, -0.2) is 4.79 Å². The number of hydrogen-bond donors (Lipinski definition) is 1. The summed E-state index contributed by atoms with van der Waals surface area (Å²) in [5, 5.41) is 1.88. The van der Waals surface area contributed by atoms with Crippen LogP contribution in [0.1, 0.15) is 11.8 Å². The molecule has 13 heavy (non-hydrogen) atoms. The van der Waals surface area contributed by atoms with E-state index in [9.17, 15) is 4.79 Å². The highest BCUT2D eigenvalue weighted by atomic mass is 32.1. The molecule has 0 aliphatic carbocycles. The van der Waals surface area contributed by atoms with Gasteiger partial charge in [0.05, 0.1) is 11.5 Å². The molecule has 1 rings (SSSR count). The zero-order valence-corrected chi connectivity index (χ0v) is 8.14. The Kier molecular flexibility index (Phi) is 3.52. The molecule has 1 heterocycles. The van der Waals surface area contributed by atoms with Gasteiger partial charge in [-0.2, -0.15) is 0 Å². The van der Waals surface area contributed by atoms with Crippen LogP contribution in [0.3, 0.4) is 0 Å². The third kappa shape index (κ3) is 2.91. The molecule has 0 saturated carbocycles. The Hall–Kier alpha value is -1.29. The molecule has 0 radical (unpaired) electrons. The summed E-state index contributed by atoms with van der Waals surface area (Å²) in [6.07, 6.45) is 3.05. The van der Waals surface area contributed by atoms with Crippen LogP contribution >= 0.6 is 11.3 Å². The molecule has 0 fully saturated rings. The second-order valence-electron chi connectivity index (χ2n) is 2.33. The maximum absolute atomic E-state index is 10.9. The molecule has 70 valence electrons. The van der Waals surface area contributed by atoms with E-state index in [2.05, 4.69) is 0 Å². The van der Waals surface area contributed by atoms with Crippen molar-refractivity contribution in [2.24, 2.45) is 0 Å². The van der Waals surface area contributed by atoms with Gasteiger partial charge in [0.25, 0.3) is 0 Å². The van der Waals surface area contributed by atoms with E-state index in [1.54, 1.807) is 19.1 Å². The maximum Gasteiger partial charge on any atom is 0.330 e. The SMILES string of the molecule is CCOC(=O)/C=C/c1sccc1N. The first-order valence-electron chi connectivity index (χ1n) is 3.92. The lowest BCUT2D eigenvalue weighted by Gasteiger charge is -1.94. The Bertz CT molecular complexity index is 317. The predicted molar refractivity (Wildman–Crippen MR) is 54.4 cm³/mol. The lowest BCUT2D eigenvalue weighted by molar-refractivity contribution is -0.137. The molecule has 3 nitrogen and oxygen atoms in total. The molecule has 1 aromatic heterocycles. The Balaban J connectivity index is 2.58. The normalized spacial score (nSPS) is 10.5. The van der Waals surface area contributed by atoms with E-state index in [0.29, 0.717) is 12.3 Å². The Morgan fingerprint density at radius 3 is 3.08 bits per heavy atom. The molecule has 0 spiro atoms. The van der Waals surface area contributed by atoms with Crippen LogP contribution < -0.4 is 5.73 Å². The monoisotopic (exact) mass is 197 g/mol. The standard InChI is InChI=1S/C9H11NO2S/c1-2-12-9(11)4-3-8-7(10)5-6-13-8/h3-6H,2,10H2,1H3/b4-3+. The smallest absolute Gasteiger partial charge is 0.330 e. The van der Waals surface area contributed by atoms with E-state index in [0.717, 1.165) is 4.88 Å². The van der Waals surface area contributed by atoms with Crippen LogP contribution in [0.25, 0.3) is 6.08 Å². The summed E-state index contributed by atoms with van der Waals surface area (Å²) in [6.45, 7) is 2.16. The third-order valence-corrected chi connectivity index (χ3v) is 2.28. The molecule has 0 amide bonds. The molecule has 0 aliphatic heterocycles. The van der Waals surface area contributed by atoms with Gasteiger partial charge in [-0.1, -0.05) is 0 Å². The van der Waals surface area contributed by atoms with Crippen LogP contribution in [0, 0.1) is 0 Å². The zero-order chi connectivity index (χ0) is 9.68. The van der Waals surface area contributed by atoms with E-state index in [4.69, 9.17) is 10.5 Å². The molecule has 0 unspecified atom stereocenters. The number of thiophene rings is 1. The van der Waals surface area contributed by atoms with Gasteiger partial charge in [0.15, 0.2) is 0 Å². The van der Waals surface area contributed by atoms with Gasteiger partial charge in [0.2, 0.25) is 0 Å². The Labute approximate surface area is 80.8 Å². The van der Waals surface area contributed by atoms with Crippen molar-refractivity contribution in [3.05, 3.63) is 22.4 Å². The highest BCUT2D eigenvalue weighted by Crippen LogP contribution is 2.19. The number of nitrogen functional groups attached to an aromatic ring is 1. The topological polar surface area (TPSA) is 52.3 Å². The lowest BCUT2D eigenvalue weighted by Crippen LogP contribution is -1.98. The molecule has 4 heteroatoms. The Morgan fingerprint density at radius 2 is 2.54 bits per heavy atom. The molecule has 1 aromatic rings. The van der Waals surface area contributed by atoms with Gasteiger partial charge in [-0.15, -0.1) is 11.3 Å². The molecular formula is C9H11NO2S. The summed E-state index contributed by atoms with van der Waals surface area (Å²) in [5.74, 6) is -0.338. The van der Waals surface area contributed by atoms with Gasteiger partial charge >= 0.3 is 5.97 Å². The number of ether oxygens (including phenoxy) is 1. The zero-order valence-electron chi connectivity index (χ0n) is 7.32. The fraction of sp³-hybridized carbons (Fsp3) is 0.222. The van der Waals surface area contributed by atoms with Crippen molar-refractivity contribution in [3.8, 4) is 0 Å². The number of carbonyl (C=O) groups excluding carboxylic acids is 1. The molecule has 0 aromatic carbocycles. The van der Waals surface area contributed by atoms with Crippen LogP contribution in [0.4, 0.5) is 5.69 Å². The molecule has 0 saturated heterocycles. The number of anilines is 1. The molecule has 0 bridgehead atoms. The van der Waals surface area contributed by atoms with Gasteiger partial charge in [0, 0.05) is 11.8 Å². The number of nitrogens with two attached hydrogens (primary N) is 1.